The summed E-state index contributed by atoms with van der Waals surface area (Å²) in [6.45, 7) is 11.8. The molecule has 0 aromatic carbocycles. The maximum Gasteiger partial charge on any atom is 0.328 e. The predicted molar refractivity (Wildman–Crippen MR) is 132 cm³/mol. The van der Waals surface area contributed by atoms with E-state index in [-0.39, 0.29) is 41.7 Å². The molecule has 0 saturated heterocycles. The van der Waals surface area contributed by atoms with Gasteiger partial charge in [-0.25, -0.2) is 4.79 Å². The number of ether oxygens (including phenoxy) is 2. The van der Waals surface area contributed by atoms with Gasteiger partial charge in [0.2, 0.25) is 5.91 Å². The van der Waals surface area contributed by atoms with Gasteiger partial charge in [-0.1, -0.05) is 34.6 Å². The van der Waals surface area contributed by atoms with Crippen LogP contribution >= 0.6 is 0 Å². The minimum Gasteiger partial charge on any atom is -0.462 e. The number of carbonyl (C=O) groups excluding carboxylic acids is 4. The van der Waals surface area contributed by atoms with E-state index in [0.29, 0.717) is 63.7 Å². The minimum atomic E-state index is -0.669. The lowest BCUT2D eigenvalue weighted by atomic mass is 9.93. The molecule has 1 N–H and O–H groups in total. The van der Waals surface area contributed by atoms with Crippen molar-refractivity contribution in [2.45, 2.75) is 130 Å². The van der Waals surface area contributed by atoms with Crippen molar-refractivity contribution in [1.29, 1.82) is 0 Å². The van der Waals surface area contributed by atoms with Gasteiger partial charge in [0, 0.05) is 12.8 Å². The van der Waals surface area contributed by atoms with Crippen molar-refractivity contribution in [1.82, 2.24) is 5.32 Å². The number of esters is 2. The number of rotatable bonds is 15. The Bertz CT molecular complexity index is 652. The summed E-state index contributed by atoms with van der Waals surface area (Å²) < 4.78 is 11.5. The molecular weight excluding hydrogens is 434 g/mol. The Morgan fingerprint density at radius 2 is 1.29 bits per heavy atom. The number of amides is 1. The molecule has 0 spiro atoms. The van der Waals surface area contributed by atoms with Crippen LogP contribution in [0.4, 0.5) is 0 Å². The third-order valence-electron chi connectivity index (χ3n) is 6.28. The monoisotopic (exact) mass is 481 g/mol. The van der Waals surface area contributed by atoms with E-state index in [9.17, 15) is 19.2 Å². The third kappa shape index (κ3) is 12.5. The second-order valence-electron chi connectivity index (χ2n) is 10.7. The molecule has 2 atom stereocenters. The standard InChI is InChI=1S/C27H47NO6/c1-7-21(16-18(2)3)26(31)33-22-12-14-23(15-13-22)34-27(32)24(17-19(4)5)28-25(30)11-9-8-10-20(6)29/h18-19,21-24H,7-17H2,1-6H3,(H,28,30). The molecule has 1 saturated carbocycles. The molecule has 7 heteroatoms. The van der Waals surface area contributed by atoms with E-state index < -0.39 is 12.0 Å². The van der Waals surface area contributed by atoms with Crippen molar-refractivity contribution in [3.63, 3.8) is 0 Å². The van der Waals surface area contributed by atoms with Gasteiger partial charge >= 0.3 is 11.9 Å². The van der Waals surface area contributed by atoms with E-state index in [1.54, 1.807) is 6.92 Å². The van der Waals surface area contributed by atoms with Crippen LogP contribution in [0.15, 0.2) is 0 Å². The number of Topliss-reactive ketones (excluding diaryl/α,β-unsaturated/α-hetero) is 1. The van der Waals surface area contributed by atoms with Crippen LogP contribution in [-0.4, -0.2) is 41.9 Å². The largest absolute Gasteiger partial charge is 0.462 e. The zero-order chi connectivity index (χ0) is 25.7. The fourth-order valence-electron chi connectivity index (χ4n) is 4.38. The van der Waals surface area contributed by atoms with E-state index in [0.717, 1.165) is 12.8 Å². The third-order valence-corrected chi connectivity index (χ3v) is 6.28. The topological polar surface area (TPSA) is 98.8 Å². The molecule has 0 aromatic heterocycles. The first-order chi connectivity index (χ1) is 16.0. The molecular formula is C27H47NO6. The molecule has 1 aliphatic carbocycles. The first-order valence-electron chi connectivity index (χ1n) is 13.2. The van der Waals surface area contributed by atoms with Crippen molar-refractivity contribution in [3.8, 4) is 0 Å². The Kier molecular flexibility index (Phi) is 14.1. The zero-order valence-electron chi connectivity index (χ0n) is 22.2. The molecule has 0 aromatic rings. The lowest BCUT2D eigenvalue weighted by molar-refractivity contribution is -0.163. The van der Waals surface area contributed by atoms with Gasteiger partial charge in [-0.05, 0) is 76.5 Å². The van der Waals surface area contributed by atoms with Crippen LogP contribution in [0.1, 0.15) is 112 Å². The highest BCUT2D eigenvalue weighted by Crippen LogP contribution is 2.26. The van der Waals surface area contributed by atoms with Gasteiger partial charge < -0.3 is 19.6 Å². The van der Waals surface area contributed by atoms with E-state index in [4.69, 9.17) is 9.47 Å². The van der Waals surface area contributed by atoms with E-state index in [1.807, 2.05) is 20.8 Å². The number of carbonyl (C=O) groups is 4. The van der Waals surface area contributed by atoms with Crippen molar-refractivity contribution in [2.75, 3.05) is 0 Å². The predicted octanol–water partition coefficient (Wildman–Crippen LogP) is 5.14. The summed E-state index contributed by atoms with van der Waals surface area (Å²) in [7, 11) is 0. The van der Waals surface area contributed by atoms with Crippen LogP contribution < -0.4 is 5.32 Å². The highest BCUT2D eigenvalue weighted by atomic mass is 16.6. The van der Waals surface area contributed by atoms with Crippen molar-refractivity contribution in [2.24, 2.45) is 17.8 Å². The highest BCUT2D eigenvalue weighted by molar-refractivity contribution is 5.84. The number of nitrogens with one attached hydrogen (secondary N) is 1. The zero-order valence-corrected chi connectivity index (χ0v) is 22.2. The van der Waals surface area contributed by atoms with Crippen LogP contribution in [0, 0.1) is 17.8 Å². The fourth-order valence-corrected chi connectivity index (χ4v) is 4.38. The number of unbranched alkanes of at least 4 members (excludes halogenated alkanes) is 1. The summed E-state index contributed by atoms with van der Waals surface area (Å²) in [6.07, 6.45) is 6.51. The molecule has 196 valence electrons. The van der Waals surface area contributed by atoms with Gasteiger partial charge in [0.05, 0.1) is 5.92 Å². The average Bonchev–Trinajstić information content (AvgIpc) is 2.75. The number of hydrogen-bond acceptors (Lipinski definition) is 6. The van der Waals surface area contributed by atoms with Gasteiger partial charge in [-0.3, -0.25) is 9.59 Å². The van der Waals surface area contributed by atoms with Gasteiger partial charge in [0.25, 0.3) is 0 Å². The molecule has 0 heterocycles. The maximum atomic E-state index is 12.8. The Morgan fingerprint density at radius 3 is 1.76 bits per heavy atom. The van der Waals surface area contributed by atoms with Gasteiger partial charge in [0.15, 0.2) is 0 Å². The maximum absolute atomic E-state index is 12.8. The molecule has 2 unspecified atom stereocenters. The van der Waals surface area contributed by atoms with Crippen molar-refractivity contribution >= 4 is 23.6 Å². The SMILES string of the molecule is CCC(CC(C)C)C(=O)OC1CCC(OC(=O)C(CC(C)C)NC(=O)CCCCC(C)=O)CC1. The summed E-state index contributed by atoms with van der Waals surface area (Å²) >= 11 is 0. The normalized spacial score (nSPS) is 20.0. The second-order valence-corrected chi connectivity index (χ2v) is 10.7. The van der Waals surface area contributed by atoms with E-state index in [2.05, 4.69) is 19.2 Å². The van der Waals surface area contributed by atoms with E-state index in [1.165, 1.54) is 0 Å². The van der Waals surface area contributed by atoms with Crippen molar-refractivity contribution in [3.05, 3.63) is 0 Å². The molecule has 0 bridgehead atoms. The van der Waals surface area contributed by atoms with Crippen LogP contribution in [-0.2, 0) is 28.7 Å². The smallest absolute Gasteiger partial charge is 0.328 e. The summed E-state index contributed by atoms with van der Waals surface area (Å²) in [6, 6.07) is -0.669. The van der Waals surface area contributed by atoms with E-state index >= 15 is 0 Å². The fraction of sp³-hybridized carbons (Fsp3) is 0.852. The van der Waals surface area contributed by atoms with Crippen LogP contribution in [0.2, 0.25) is 0 Å². The number of hydrogen-bond donors (Lipinski definition) is 1. The summed E-state index contributed by atoms with van der Waals surface area (Å²) in [4.78, 5) is 48.7. The lowest BCUT2D eigenvalue weighted by Crippen LogP contribution is -2.44. The molecule has 1 fully saturated rings. The Hall–Kier alpha value is -1.92. The highest BCUT2D eigenvalue weighted by Gasteiger charge is 2.31. The van der Waals surface area contributed by atoms with Gasteiger partial charge in [0.1, 0.15) is 24.0 Å². The number of ketones is 1. The Balaban J connectivity index is 2.49. The van der Waals surface area contributed by atoms with Crippen LogP contribution in [0.25, 0.3) is 0 Å². The summed E-state index contributed by atoms with van der Waals surface area (Å²) in [5, 5.41) is 2.83. The average molecular weight is 482 g/mol. The van der Waals surface area contributed by atoms with Gasteiger partial charge in [-0.15, -0.1) is 0 Å². The molecule has 1 rings (SSSR count). The second kappa shape index (κ2) is 15.9. The summed E-state index contributed by atoms with van der Waals surface area (Å²) in [5.74, 6) is 0.0448. The van der Waals surface area contributed by atoms with Crippen LogP contribution in [0.3, 0.4) is 0 Å². The molecule has 34 heavy (non-hydrogen) atoms. The Morgan fingerprint density at radius 1 is 0.794 bits per heavy atom. The van der Waals surface area contributed by atoms with Crippen molar-refractivity contribution < 1.29 is 28.7 Å². The van der Waals surface area contributed by atoms with Gasteiger partial charge in [-0.2, -0.15) is 0 Å². The van der Waals surface area contributed by atoms with Crippen LogP contribution in [0.5, 0.6) is 0 Å². The molecule has 0 aliphatic heterocycles. The first kappa shape index (κ1) is 30.1. The molecule has 1 amide bonds. The molecule has 0 radical (unpaired) electrons. The lowest BCUT2D eigenvalue weighted by Gasteiger charge is -2.30. The Labute approximate surface area is 206 Å². The molecule has 7 nitrogen and oxygen atoms in total. The quantitative estimate of drug-likeness (QED) is 0.257. The summed E-state index contributed by atoms with van der Waals surface area (Å²) in [5.41, 5.74) is 0. The molecule has 1 aliphatic rings. The first-order valence-corrected chi connectivity index (χ1v) is 13.2. The minimum absolute atomic E-state index is 0.0570.